The topological polar surface area (TPSA) is 49.7 Å². The first-order valence-corrected chi connectivity index (χ1v) is 4.06. The minimum absolute atomic E-state index is 0.0726. The summed E-state index contributed by atoms with van der Waals surface area (Å²) < 4.78 is 0. The molecule has 0 amide bonds. The first kappa shape index (κ1) is 7.98. The fraction of sp³-hybridized carbons (Fsp3) is 0.200. The highest BCUT2D eigenvalue weighted by Crippen LogP contribution is 2.37. The van der Waals surface area contributed by atoms with Gasteiger partial charge < -0.3 is 5.11 Å². The lowest BCUT2D eigenvalue weighted by atomic mass is 9.77. The maximum Gasteiger partial charge on any atom is 0.304 e. The van der Waals surface area contributed by atoms with Crippen LogP contribution >= 0.6 is 0 Å². The number of rotatable bonds is 2. The van der Waals surface area contributed by atoms with Gasteiger partial charge in [-0.25, -0.2) is 0 Å². The van der Waals surface area contributed by atoms with Gasteiger partial charge in [0.2, 0.25) is 0 Å². The summed E-state index contributed by atoms with van der Waals surface area (Å²) in [4.78, 5) is 14.7. The molecule has 3 heteroatoms. The Bertz CT molecular complexity index is 363. The fourth-order valence-electron chi connectivity index (χ4n) is 1.63. The highest BCUT2D eigenvalue weighted by molar-refractivity contribution is 5.85. The molecular weight excluding hydrogens is 166 g/mol. The van der Waals surface area contributed by atoms with E-state index < -0.39 is 11.4 Å². The van der Waals surface area contributed by atoms with Crippen LogP contribution in [0.15, 0.2) is 41.1 Å². The molecule has 66 valence electrons. The summed E-state index contributed by atoms with van der Waals surface area (Å²) in [6.45, 7) is 0. The molecular formula is C10H9NO2. The monoisotopic (exact) mass is 175 g/mol. The van der Waals surface area contributed by atoms with Gasteiger partial charge in [0.15, 0.2) is 0 Å². The SMILES string of the molecule is O=C(O)CC12C=CC=CC1=CN=C2. The molecule has 0 radical (unpaired) electrons. The van der Waals surface area contributed by atoms with Crippen molar-refractivity contribution in [2.75, 3.05) is 0 Å². The number of allylic oxidation sites excluding steroid dienone is 5. The normalized spacial score (nSPS) is 28.8. The van der Waals surface area contributed by atoms with Gasteiger partial charge in [0, 0.05) is 12.4 Å². The predicted molar refractivity (Wildman–Crippen MR) is 49.5 cm³/mol. The molecule has 2 aliphatic rings. The van der Waals surface area contributed by atoms with E-state index in [0.717, 1.165) is 5.57 Å². The molecule has 0 aromatic heterocycles. The van der Waals surface area contributed by atoms with Crippen LogP contribution in [0.1, 0.15) is 6.42 Å². The maximum atomic E-state index is 10.7. The molecule has 3 nitrogen and oxygen atoms in total. The number of carboxylic acids is 1. The van der Waals surface area contributed by atoms with Gasteiger partial charge in [0.05, 0.1) is 11.8 Å². The van der Waals surface area contributed by atoms with Crippen LogP contribution in [0.5, 0.6) is 0 Å². The van der Waals surface area contributed by atoms with Crippen molar-refractivity contribution in [3.63, 3.8) is 0 Å². The molecule has 0 fully saturated rings. The Hall–Kier alpha value is -1.64. The molecule has 1 N–H and O–H groups in total. The zero-order chi connectivity index (χ0) is 9.31. The maximum absolute atomic E-state index is 10.7. The minimum Gasteiger partial charge on any atom is -0.481 e. The first-order chi connectivity index (χ1) is 6.23. The number of carboxylic acid groups (broad SMARTS) is 1. The van der Waals surface area contributed by atoms with Crippen molar-refractivity contribution in [2.24, 2.45) is 10.4 Å². The van der Waals surface area contributed by atoms with Gasteiger partial charge >= 0.3 is 5.97 Å². The third-order valence-electron chi connectivity index (χ3n) is 2.28. The summed E-state index contributed by atoms with van der Waals surface area (Å²) in [6.07, 6.45) is 11.0. The third kappa shape index (κ3) is 1.22. The van der Waals surface area contributed by atoms with Crippen molar-refractivity contribution in [1.82, 2.24) is 0 Å². The molecule has 0 saturated heterocycles. The third-order valence-corrected chi connectivity index (χ3v) is 2.28. The lowest BCUT2D eigenvalue weighted by Gasteiger charge is -2.24. The second kappa shape index (κ2) is 2.69. The molecule has 0 aromatic carbocycles. The van der Waals surface area contributed by atoms with Crippen molar-refractivity contribution < 1.29 is 9.90 Å². The highest BCUT2D eigenvalue weighted by Gasteiger charge is 2.34. The molecule has 0 spiro atoms. The number of nitrogens with zero attached hydrogens (tertiary/aromatic N) is 1. The molecule has 1 unspecified atom stereocenters. The summed E-state index contributed by atoms with van der Waals surface area (Å²) in [7, 11) is 0. The molecule has 2 rings (SSSR count). The van der Waals surface area contributed by atoms with Gasteiger partial charge in [-0.05, 0) is 5.57 Å². The average Bonchev–Trinajstić information content (AvgIpc) is 2.45. The molecule has 0 saturated carbocycles. The lowest BCUT2D eigenvalue weighted by molar-refractivity contribution is -0.137. The lowest BCUT2D eigenvalue weighted by Crippen LogP contribution is -2.24. The number of fused-ring (bicyclic) bond motifs is 1. The average molecular weight is 175 g/mol. The van der Waals surface area contributed by atoms with E-state index >= 15 is 0 Å². The first-order valence-electron chi connectivity index (χ1n) is 4.06. The van der Waals surface area contributed by atoms with Crippen molar-refractivity contribution in [3.8, 4) is 0 Å². The molecule has 0 bridgehead atoms. The minimum atomic E-state index is -0.806. The van der Waals surface area contributed by atoms with Crippen LogP contribution in [0.25, 0.3) is 0 Å². The van der Waals surface area contributed by atoms with Crippen LogP contribution in [0.4, 0.5) is 0 Å². The number of carbonyl (C=O) groups is 1. The van der Waals surface area contributed by atoms with E-state index in [-0.39, 0.29) is 6.42 Å². The number of hydrogen-bond acceptors (Lipinski definition) is 2. The Labute approximate surface area is 75.8 Å². The molecule has 13 heavy (non-hydrogen) atoms. The quantitative estimate of drug-likeness (QED) is 0.692. The Morgan fingerprint density at radius 3 is 3.15 bits per heavy atom. The van der Waals surface area contributed by atoms with Crippen LogP contribution < -0.4 is 0 Å². The van der Waals surface area contributed by atoms with Gasteiger partial charge in [0.25, 0.3) is 0 Å². The van der Waals surface area contributed by atoms with Crippen LogP contribution in [0.2, 0.25) is 0 Å². The summed E-state index contributed by atoms with van der Waals surface area (Å²) in [5.74, 6) is -0.806. The van der Waals surface area contributed by atoms with Crippen LogP contribution in [0, 0.1) is 5.41 Å². The zero-order valence-electron chi connectivity index (χ0n) is 6.97. The van der Waals surface area contributed by atoms with E-state index in [1.807, 2.05) is 24.3 Å². The van der Waals surface area contributed by atoms with E-state index in [1.54, 1.807) is 12.4 Å². The van der Waals surface area contributed by atoms with Crippen LogP contribution in [0.3, 0.4) is 0 Å². The van der Waals surface area contributed by atoms with Crippen molar-refractivity contribution in [2.45, 2.75) is 6.42 Å². The van der Waals surface area contributed by atoms with E-state index in [4.69, 9.17) is 5.11 Å². The molecule has 1 heterocycles. The van der Waals surface area contributed by atoms with Gasteiger partial charge in [-0.15, -0.1) is 0 Å². The van der Waals surface area contributed by atoms with Crippen LogP contribution in [-0.4, -0.2) is 17.3 Å². The Morgan fingerprint density at radius 1 is 1.54 bits per heavy atom. The van der Waals surface area contributed by atoms with Gasteiger partial charge in [-0.1, -0.05) is 24.3 Å². The van der Waals surface area contributed by atoms with Gasteiger partial charge in [-0.2, -0.15) is 0 Å². The summed E-state index contributed by atoms with van der Waals surface area (Å²) in [5, 5.41) is 8.76. The molecule has 1 aliphatic heterocycles. The fourth-order valence-corrected chi connectivity index (χ4v) is 1.63. The summed E-state index contributed by atoms with van der Waals surface area (Å²) in [5.41, 5.74) is 0.470. The van der Waals surface area contributed by atoms with Gasteiger partial charge in [0.1, 0.15) is 0 Å². The van der Waals surface area contributed by atoms with Crippen LogP contribution in [-0.2, 0) is 4.79 Å². The van der Waals surface area contributed by atoms with Crippen molar-refractivity contribution >= 4 is 12.2 Å². The van der Waals surface area contributed by atoms with Crippen molar-refractivity contribution in [3.05, 3.63) is 36.1 Å². The highest BCUT2D eigenvalue weighted by atomic mass is 16.4. The van der Waals surface area contributed by atoms with E-state index in [0.29, 0.717) is 0 Å². The van der Waals surface area contributed by atoms with E-state index in [1.165, 1.54) is 0 Å². The smallest absolute Gasteiger partial charge is 0.304 e. The second-order valence-electron chi connectivity index (χ2n) is 3.19. The molecule has 0 aromatic rings. The number of aliphatic carboxylic acids is 1. The van der Waals surface area contributed by atoms with Crippen molar-refractivity contribution in [1.29, 1.82) is 0 Å². The predicted octanol–water partition coefficient (Wildman–Crippen LogP) is 1.54. The Kier molecular flexibility index (Phi) is 1.65. The molecule has 1 aliphatic carbocycles. The Morgan fingerprint density at radius 2 is 2.38 bits per heavy atom. The zero-order valence-corrected chi connectivity index (χ0v) is 6.97. The summed E-state index contributed by atoms with van der Waals surface area (Å²) >= 11 is 0. The standard InChI is InChI=1S/C10H9NO2/c12-9(13)5-10-4-2-1-3-8(10)6-11-7-10/h1-4,6-7H,5H2,(H,12,13). The summed E-state index contributed by atoms with van der Waals surface area (Å²) in [6, 6.07) is 0. The second-order valence-corrected chi connectivity index (χ2v) is 3.19. The Balaban J connectivity index is 2.35. The van der Waals surface area contributed by atoms with E-state index in [2.05, 4.69) is 4.99 Å². The number of hydrogen-bond donors (Lipinski definition) is 1. The largest absolute Gasteiger partial charge is 0.481 e. The van der Waals surface area contributed by atoms with Gasteiger partial charge in [-0.3, -0.25) is 9.79 Å². The number of aliphatic imine (C=N–C) groups is 1. The van der Waals surface area contributed by atoms with E-state index in [9.17, 15) is 4.79 Å². The molecule has 1 atom stereocenters.